The van der Waals surface area contributed by atoms with E-state index >= 15 is 0 Å². The Morgan fingerprint density at radius 2 is 1.68 bits per heavy atom. The second-order valence-electron chi connectivity index (χ2n) is 4.53. The topological polar surface area (TPSA) is 30.9 Å². The molecule has 0 aliphatic carbocycles. The summed E-state index contributed by atoms with van der Waals surface area (Å²) in [5.74, 6) is 0. The van der Waals surface area contributed by atoms with Crippen LogP contribution in [0, 0.1) is 0 Å². The van der Waals surface area contributed by atoms with Gasteiger partial charge in [0.15, 0.2) is 0 Å². The quantitative estimate of drug-likeness (QED) is 0.776. The third-order valence-electron chi connectivity index (χ3n) is 3.27. The van der Waals surface area contributed by atoms with Crippen molar-refractivity contribution in [1.82, 2.24) is 4.57 Å². The maximum atomic E-state index is 5.70. The predicted molar refractivity (Wildman–Crippen MR) is 82.6 cm³/mol. The van der Waals surface area contributed by atoms with Gasteiger partial charge in [-0.25, -0.2) is 0 Å². The summed E-state index contributed by atoms with van der Waals surface area (Å²) in [6.45, 7) is 1.49. The van der Waals surface area contributed by atoms with Gasteiger partial charge < -0.3 is 10.3 Å². The largest absolute Gasteiger partial charge is 0.343 e. The zero-order valence-corrected chi connectivity index (χ0v) is 11.4. The smallest absolute Gasteiger partial charge is 0.0486 e. The average Bonchev–Trinajstić information content (AvgIpc) is 2.82. The number of nitrogens with two attached hydrogens (primary N) is 1. The summed E-state index contributed by atoms with van der Waals surface area (Å²) in [5, 5.41) is 1.27. The fourth-order valence-electron chi connectivity index (χ4n) is 2.27. The molecule has 0 amide bonds. The van der Waals surface area contributed by atoms with Crippen molar-refractivity contribution in [2.24, 2.45) is 5.73 Å². The third-order valence-corrected chi connectivity index (χ3v) is 3.27. The highest BCUT2D eigenvalue weighted by atomic mass is 35.5. The number of halogens is 1. The van der Waals surface area contributed by atoms with E-state index in [1.807, 2.05) is 6.07 Å². The maximum absolute atomic E-state index is 5.70. The summed E-state index contributed by atoms with van der Waals surface area (Å²) in [4.78, 5) is 0. The lowest BCUT2D eigenvalue weighted by molar-refractivity contribution is 0.836. The van der Waals surface area contributed by atoms with Crippen LogP contribution in [0.3, 0.4) is 0 Å². The Morgan fingerprint density at radius 1 is 0.895 bits per heavy atom. The first kappa shape index (κ1) is 13.7. The number of aromatic nitrogens is 1. The fraction of sp³-hybridized carbons (Fsp3) is 0.125. The second kappa shape index (κ2) is 5.91. The van der Waals surface area contributed by atoms with Crippen molar-refractivity contribution < 1.29 is 0 Å². The zero-order chi connectivity index (χ0) is 12.4. The molecule has 3 heteroatoms. The van der Waals surface area contributed by atoms with Crippen LogP contribution in [-0.4, -0.2) is 4.57 Å². The van der Waals surface area contributed by atoms with Crippen molar-refractivity contribution in [2.45, 2.75) is 13.1 Å². The first-order valence-electron chi connectivity index (χ1n) is 6.18. The van der Waals surface area contributed by atoms with Crippen molar-refractivity contribution in [3.05, 3.63) is 71.9 Å². The van der Waals surface area contributed by atoms with Gasteiger partial charge in [0.25, 0.3) is 0 Å². The molecule has 0 spiro atoms. The van der Waals surface area contributed by atoms with E-state index in [4.69, 9.17) is 5.73 Å². The SMILES string of the molecule is Cl.NCc1ccc2ccn(Cc3ccccc3)c2c1. The number of hydrogen-bond acceptors (Lipinski definition) is 1. The van der Waals surface area contributed by atoms with Gasteiger partial charge in [-0.05, 0) is 28.6 Å². The van der Waals surface area contributed by atoms with Gasteiger partial charge in [-0.1, -0.05) is 42.5 Å². The Balaban J connectivity index is 0.00000133. The zero-order valence-electron chi connectivity index (χ0n) is 10.6. The van der Waals surface area contributed by atoms with Crippen LogP contribution in [0.5, 0.6) is 0 Å². The van der Waals surface area contributed by atoms with Gasteiger partial charge in [-0.2, -0.15) is 0 Å². The van der Waals surface area contributed by atoms with Crippen molar-refractivity contribution >= 4 is 23.3 Å². The van der Waals surface area contributed by atoms with Crippen molar-refractivity contribution in [2.75, 3.05) is 0 Å². The molecule has 19 heavy (non-hydrogen) atoms. The molecular formula is C16H17ClN2. The minimum absolute atomic E-state index is 0. The van der Waals surface area contributed by atoms with Crippen LogP contribution < -0.4 is 5.73 Å². The lowest BCUT2D eigenvalue weighted by atomic mass is 10.1. The molecular weight excluding hydrogens is 256 g/mol. The Hall–Kier alpha value is -1.77. The highest BCUT2D eigenvalue weighted by Gasteiger charge is 2.02. The van der Waals surface area contributed by atoms with E-state index in [2.05, 4.69) is 59.3 Å². The molecule has 0 saturated heterocycles. The van der Waals surface area contributed by atoms with Gasteiger partial charge in [-0.3, -0.25) is 0 Å². The number of rotatable bonds is 3. The van der Waals surface area contributed by atoms with E-state index in [1.54, 1.807) is 0 Å². The van der Waals surface area contributed by atoms with E-state index in [0.717, 1.165) is 6.54 Å². The average molecular weight is 273 g/mol. The molecule has 0 bridgehead atoms. The minimum atomic E-state index is 0. The van der Waals surface area contributed by atoms with Crippen molar-refractivity contribution in [3.63, 3.8) is 0 Å². The van der Waals surface area contributed by atoms with Crippen molar-refractivity contribution in [3.8, 4) is 0 Å². The van der Waals surface area contributed by atoms with Crippen LogP contribution in [0.2, 0.25) is 0 Å². The van der Waals surface area contributed by atoms with Gasteiger partial charge in [0.1, 0.15) is 0 Å². The predicted octanol–water partition coefficient (Wildman–Crippen LogP) is 3.57. The molecule has 98 valence electrons. The van der Waals surface area contributed by atoms with E-state index in [1.165, 1.54) is 22.0 Å². The lowest BCUT2D eigenvalue weighted by Crippen LogP contribution is -1.99. The van der Waals surface area contributed by atoms with Gasteiger partial charge in [0.05, 0.1) is 0 Å². The van der Waals surface area contributed by atoms with Crippen molar-refractivity contribution in [1.29, 1.82) is 0 Å². The Bertz CT molecular complexity index is 659. The first-order chi connectivity index (χ1) is 8.86. The molecule has 2 nitrogen and oxygen atoms in total. The highest BCUT2D eigenvalue weighted by molar-refractivity contribution is 5.85. The number of hydrogen-bond donors (Lipinski definition) is 1. The minimum Gasteiger partial charge on any atom is -0.343 e. The van der Waals surface area contributed by atoms with Gasteiger partial charge >= 0.3 is 0 Å². The first-order valence-corrected chi connectivity index (χ1v) is 6.18. The standard InChI is InChI=1S/C16H16N2.ClH/c17-11-14-6-7-15-8-9-18(16(15)10-14)12-13-4-2-1-3-5-13;/h1-10H,11-12,17H2;1H. The molecule has 0 radical (unpaired) electrons. The molecule has 0 aliphatic heterocycles. The summed E-state index contributed by atoms with van der Waals surface area (Å²) >= 11 is 0. The van der Waals surface area contributed by atoms with Crippen LogP contribution >= 0.6 is 12.4 Å². The Labute approximate surface area is 119 Å². The monoisotopic (exact) mass is 272 g/mol. The van der Waals surface area contributed by atoms with Crippen LogP contribution in [0.25, 0.3) is 10.9 Å². The summed E-state index contributed by atoms with van der Waals surface area (Å²) in [5.41, 5.74) is 9.44. The maximum Gasteiger partial charge on any atom is 0.0486 e. The van der Waals surface area contributed by atoms with E-state index < -0.39 is 0 Å². The molecule has 1 aromatic heterocycles. The van der Waals surface area contributed by atoms with E-state index in [9.17, 15) is 0 Å². The number of nitrogens with zero attached hydrogens (tertiary/aromatic N) is 1. The molecule has 0 atom stereocenters. The second-order valence-corrected chi connectivity index (χ2v) is 4.53. The molecule has 2 aromatic carbocycles. The molecule has 3 rings (SSSR count). The van der Waals surface area contributed by atoms with Gasteiger partial charge in [0.2, 0.25) is 0 Å². The molecule has 0 unspecified atom stereocenters. The van der Waals surface area contributed by atoms with Crippen LogP contribution in [0.1, 0.15) is 11.1 Å². The summed E-state index contributed by atoms with van der Waals surface area (Å²) in [6.07, 6.45) is 2.14. The van der Waals surface area contributed by atoms with E-state index in [-0.39, 0.29) is 12.4 Å². The molecule has 1 heterocycles. The Morgan fingerprint density at radius 3 is 2.42 bits per heavy atom. The lowest BCUT2D eigenvalue weighted by Gasteiger charge is -2.06. The van der Waals surface area contributed by atoms with Crippen LogP contribution in [-0.2, 0) is 13.1 Å². The van der Waals surface area contributed by atoms with Gasteiger partial charge in [0, 0.05) is 24.8 Å². The third kappa shape index (κ3) is 2.80. The summed E-state index contributed by atoms with van der Waals surface area (Å²) in [7, 11) is 0. The molecule has 0 fully saturated rings. The van der Waals surface area contributed by atoms with Crippen LogP contribution in [0.4, 0.5) is 0 Å². The summed E-state index contributed by atoms with van der Waals surface area (Å²) in [6, 6.07) is 19.1. The highest BCUT2D eigenvalue weighted by Crippen LogP contribution is 2.18. The molecule has 2 N–H and O–H groups in total. The van der Waals surface area contributed by atoms with Crippen LogP contribution in [0.15, 0.2) is 60.8 Å². The number of fused-ring (bicyclic) bond motifs is 1. The Kier molecular flexibility index (Phi) is 4.25. The molecule has 3 aromatic rings. The molecule has 0 aliphatic rings. The fourth-order valence-corrected chi connectivity index (χ4v) is 2.27. The molecule has 0 saturated carbocycles. The normalized spacial score (nSPS) is 10.4. The number of benzene rings is 2. The van der Waals surface area contributed by atoms with E-state index in [0.29, 0.717) is 6.54 Å². The summed E-state index contributed by atoms with van der Waals surface area (Å²) < 4.78 is 2.27. The van der Waals surface area contributed by atoms with Gasteiger partial charge in [-0.15, -0.1) is 12.4 Å².